The number of nitrogens with zero attached hydrogens (tertiary/aromatic N) is 2. The number of halogens is 3. The number of hydrogen-bond donors (Lipinski definition) is 1. The Balaban J connectivity index is 1.58. The van der Waals surface area contributed by atoms with Gasteiger partial charge >= 0.3 is 5.97 Å². The number of benzene rings is 1. The lowest BCUT2D eigenvalue weighted by atomic mass is 9.76. The number of carboxylic acid groups (broad SMARTS) is 1. The Hall–Kier alpha value is -1.44. The molecule has 0 radical (unpaired) electrons. The van der Waals surface area contributed by atoms with Gasteiger partial charge in [0.05, 0.1) is 5.69 Å². The third kappa shape index (κ3) is 5.20. The first-order valence-electron chi connectivity index (χ1n) is 10.9. The van der Waals surface area contributed by atoms with E-state index in [0.29, 0.717) is 31.8 Å². The van der Waals surface area contributed by atoms with E-state index in [1.54, 1.807) is 0 Å². The van der Waals surface area contributed by atoms with Crippen LogP contribution in [-0.4, -0.2) is 40.0 Å². The maximum atomic E-state index is 12.5. The SMILES string of the molecule is O=C(O)CCCC(=O)N1CCC(C2c3ncc(Br)cc3CCc3cc(Cl)cc(Br)c32)CC1. The Bertz CT molecular complexity index is 1040. The van der Waals surface area contributed by atoms with Crippen molar-refractivity contribution in [1.29, 1.82) is 0 Å². The Morgan fingerprint density at radius 1 is 1.09 bits per heavy atom. The van der Waals surface area contributed by atoms with E-state index in [2.05, 4.69) is 44.0 Å². The molecule has 170 valence electrons. The first kappa shape index (κ1) is 23.7. The number of carbonyl (C=O) groups is 2. The summed E-state index contributed by atoms with van der Waals surface area (Å²) in [6.45, 7) is 1.39. The van der Waals surface area contributed by atoms with Gasteiger partial charge in [0.25, 0.3) is 0 Å². The molecule has 1 aromatic carbocycles. The zero-order valence-corrected chi connectivity index (χ0v) is 21.5. The molecule has 8 heteroatoms. The van der Waals surface area contributed by atoms with Crippen LogP contribution < -0.4 is 0 Å². The molecule has 2 aliphatic rings. The number of fused-ring (bicyclic) bond motifs is 2. The number of carbonyl (C=O) groups excluding carboxylic acids is 1. The smallest absolute Gasteiger partial charge is 0.303 e. The van der Waals surface area contributed by atoms with Crippen LogP contribution >= 0.6 is 43.5 Å². The average Bonchev–Trinajstić information content (AvgIpc) is 2.90. The van der Waals surface area contributed by atoms with Gasteiger partial charge in [-0.15, -0.1) is 0 Å². The topological polar surface area (TPSA) is 70.5 Å². The van der Waals surface area contributed by atoms with Crippen molar-refractivity contribution in [3.8, 4) is 0 Å². The fraction of sp³-hybridized carbons (Fsp3) is 0.458. The van der Waals surface area contributed by atoms with Gasteiger partial charge < -0.3 is 10.0 Å². The molecule has 1 aliphatic carbocycles. The highest BCUT2D eigenvalue weighted by Crippen LogP contribution is 2.46. The lowest BCUT2D eigenvalue weighted by Gasteiger charge is -2.37. The third-order valence-electron chi connectivity index (χ3n) is 6.56. The molecule has 1 fully saturated rings. The summed E-state index contributed by atoms with van der Waals surface area (Å²) >= 11 is 13.7. The maximum absolute atomic E-state index is 12.5. The molecule has 1 unspecified atom stereocenters. The van der Waals surface area contributed by atoms with Gasteiger partial charge in [-0.25, -0.2) is 0 Å². The second-order valence-electron chi connectivity index (χ2n) is 8.60. The molecule has 1 aromatic heterocycles. The largest absolute Gasteiger partial charge is 0.481 e. The van der Waals surface area contributed by atoms with Crippen molar-refractivity contribution in [1.82, 2.24) is 9.88 Å². The number of pyridine rings is 1. The fourth-order valence-electron chi connectivity index (χ4n) is 5.06. The van der Waals surface area contributed by atoms with Crippen LogP contribution in [0, 0.1) is 5.92 Å². The van der Waals surface area contributed by atoms with Gasteiger partial charge in [0.2, 0.25) is 5.91 Å². The Morgan fingerprint density at radius 2 is 1.81 bits per heavy atom. The first-order chi connectivity index (χ1) is 15.3. The van der Waals surface area contributed by atoms with E-state index in [1.165, 1.54) is 16.7 Å². The Morgan fingerprint density at radius 3 is 2.53 bits per heavy atom. The van der Waals surface area contributed by atoms with E-state index in [-0.39, 0.29) is 18.2 Å². The van der Waals surface area contributed by atoms with Crippen LogP contribution in [0.3, 0.4) is 0 Å². The molecule has 4 rings (SSSR count). The van der Waals surface area contributed by atoms with Crippen molar-refractivity contribution in [2.75, 3.05) is 13.1 Å². The molecular weight excluding hydrogens is 560 g/mol. The van der Waals surface area contributed by atoms with Crippen LogP contribution in [0.4, 0.5) is 0 Å². The number of amides is 1. The summed E-state index contributed by atoms with van der Waals surface area (Å²) < 4.78 is 2.01. The predicted molar refractivity (Wildman–Crippen MR) is 131 cm³/mol. The molecule has 0 spiro atoms. The number of piperidine rings is 1. The maximum Gasteiger partial charge on any atom is 0.303 e. The van der Waals surface area contributed by atoms with Gasteiger partial charge in [-0.1, -0.05) is 27.5 Å². The number of rotatable bonds is 5. The van der Waals surface area contributed by atoms with Crippen molar-refractivity contribution < 1.29 is 14.7 Å². The Kier molecular flexibility index (Phi) is 7.58. The summed E-state index contributed by atoms with van der Waals surface area (Å²) in [6.07, 6.45) is 6.21. The van der Waals surface area contributed by atoms with Crippen LogP contribution in [0.1, 0.15) is 60.4 Å². The third-order valence-corrected chi connectivity index (χ3v) is 7.87. The van der Waals surface area contributed by atoms with Gasteiger partial charge in [-0.05, 0) is 88.8 Å². The van der Waals surface area contributed by atoms with Gasteiger partial charge in [0, 0.05) is 52.0 Å². The zero-order chi connectivity index (χ0) is 22.8. The first-order valence-corrected chi connectivity index (χ1v) is 12.9. The lowest BCUT2D eigenvalue weighted by molar-refractivity contribution is -0.137. The second-order valence-corrected chi connectivity index (χ2v) is 10.8. The molecule has 1 aliphatic heterocycles. The molecule has 1 atom stereocenters. The highest BCUT2D eigenvalue weighted by molar-refractivity contribution is 9.10. The van der Waals surface area contributed by atoms with Gasteiger partial charge in [-0.3, -0.25) is 14.6 Å². The van der Waals surface area contributed by atoms with Crippen LogP contribution in [0.15, 0.2) is 33.3 Å². The number of aryl methyl sites for hydroxylation is 2. The minimum atomic E-state index is -0.855. The molecule has 2 aromatic rings. The zero-order valence-electron chi connectivity index (χ0n) is 17.6. The number of aromatic nitrogens is 1. The molecule has 0 bridgehead atoms. The predicted octanol–water partition coefficient (Wildman–Crippen LogP) is 5.98. The quantitative estimate of drug-likeness (QED) is 0.469. The van der Waals surface area contributed by atoms with Gasteiger partial charge in [0.15, 0.2) is 0 Å². The molecular formula is C24H25Br2ClN2O3. The molecule has 5 nitrogen and oxygen atoms in total. The molecule has 2 heterocycles. The van der Waals surface area contributed by atoms with E-state index in [9.17, 15) is 9.59 Å². The highest BCUT2D eigenvalue weighted by Gasteiger charge is 2.36. The van der Waals surface area contributed by atoms with Crippen LogP contribution in [0.5, 0.6) is 0 Å². The van der Waals surface area contributed by atoms with E-state index in [4.69, 9.17) is 21.7 Å². The number of hydrogen-bond acceptors (Lipinski definition) is 3. The molecule has 1 N–H and O–H groups in total. The molecule has 32 heavy (non-hydrogen) atoms. The summed E-state index contributed by atoms with van der Waals surface area (Å²) in [6, 6.07) is 6.23. The van der Waals surface area contributed by atoms with Crippen molar-refractivity contribution in [2.24, 2.45) is 5.92 Å². The molecule has 1 amide bonds. The fourth-order valence-corrected chi connectivity index (χ4v) is 6.56. The van der Waals surface area contributed by atoms with Crippen molar-refractivity contribution >= 4 is 55.3 Å². The summed E-state index contributed by atoms with van der Waals surface area (Å²) in [4.78, 5) is 30.0. The minimum absolute atomic E-state index is 0.0374. The van der Waals surface area contributed by atoms with Gasteiger partial charge in [-0.2, -0.15) is 0 Å². The van der Waals surface area contributed by atoms with E-state index in [0.717, 1.165) is 45.3 Å². The summed E-state index contributed by atoms with van der Waals surface area (Å²) in [5.41, 5.74) is 4.92. The van der Waals surface area contributed by atoms with Crippen LogP contribution in [-0.2, 0) is 22.4 Å². The highest BCUT2D eigenvalue weighted by atomic mass is 79.9. The normalized spacial score (nSPS) is 18.6. The van der Waals surface area contributed by atoms with Gasteiger partial charge in [0.1, 0.15) is 0 Å². The number of aliphatic carboxylic acids is 1. The van der Waals surface area contributed by atoms with Crippen molar-refractivity contribution in [2.45, 2.75) is 50.9 Å². The van der Waals surface area contributed by atoms with E-state index < -0.39 is 5.97 Å². The average molecular weight is 585 g/mol. The van der Waals surface area contributed by atoms with E-state index >= 15 is 0 Å². The molecule has 1 saturated heterocycles. The van der Waals surface area contributed by atoms with Crippen molar-refractivity contribution in [3.05, 3.63) is 60.7 Å². The van der Waals surface area contributed by atoms with Crippen molar-refractivity contribution in [3.63, 3.8) is 0 Å². The second kappa shape index (κ2) is 10.2. The lowest BCUT2D eigenvalue weighted by Crippen LogP contribution is -2.40. The standard InChI is InChI=1S/C24H25Br2ClN2O3/c25-17-10-16-5-4-15-11-18(27)12-19(26)22(15)23(24(16)28-13-17)14-6-8-29(9-7-14)20(30)2-1-3-21(31)32/h10-14,23H,1-9H2,(H,31,32). The minimum Gasteiger partial charge on any atom is -0.481 e. The Labute approximate surface area is 209 Å². The summed E-state index contributed by atoms with van der Waals surface area (Å²) in [5.74, 6) is -0.292. The molecule has 0 saturated carbocycles. The summed E-state index contributed by atoms with van der Waals surface area (Å²) in [7, 11) is 0. The number of carboxylic acids is 1. The van der Waals surface area contributed by atoms with Crippen LogP contribution in [0.2, 0.25) is 5.02 Å². The monoisotopic (exact) mass is 582 g/mol. The van der Waals surface area contributed by atoms with E-state index in [1.807, 2.05) is 17.2 Å². The number of likely N-dealkylation sites (tertiary alicyclic amines) is 1. The van der Waals surface area contributed by atoms with Crippen LogP contribution in [0.25, 0.3) is 0 Å². The summed E-state index contributed by atoms with van der Waals surface area (Å²) in [5, 5.41) is 9.54.